The van der Waals surface area contributed by atoms with Crippen molar-refractivity contribution in [2.24, 2.45) is 0 Å². The van der Waals surface area contributed by atoms with Crippen LogP contribution in [0.3, 0.4) is 0 Å². The number of nitrogen functional groups attached to an aromatic ring is 1. The van der Waals surface area contributed by atoms with Crippen molar-refractivity contribution >= 4 is 23.2 Å². The normalized spacial score (nSPS) is 11.7. The van der Waals surface area contributed by atoms with Crippen LogP contribution >= 0.6 is 11.8 Å². The van der Waals surface area contributed by atoms with Crippen LogP contribution in [0.1, 0.15) is 27.6 Å². The van der Waals surface area contributed by atoms with Gasteiger partial charge in [-0.05, 0) is 42.0 Å². The Morgan fingerprint density at radius 1 is 0.962 bits per heavy atom. The van der Waals surface area contributed by atoms with Gasteiger partial charge >= 0.3 is 0 Å². The lowest BCUT2D eigenvalue weighted by Crippen LogP contribution is -2.06. The SMILES string of the molecule is COc1ccc(C(=O)CC(Sc2ccccc2N)c2ccccc2)cc1. The number of carbonyl (C=O) groups excluding carboxylic acids is 1. The molecule has 3 nitrogen and oxygen atoms in total. The zero-order chi connectivity index (χ0) is 18.4. The van der Waals surface area contributed by atoms with E-state index in [9.17, 15) is 4.79 Å². The van der Waals surface area contributed by atoms with E-state index in [1.807, 2.05) is 66.7 Å². The van der Waals surface area contributed by atoms with Crippen molar-refractivity contribution < 1.29 is 9.53 Å². The predicted molar refractivity (Wildman–Crippen MR) is 108 cm³/mol. The van der Waals surface area contributed by atoms with Crippen LogP contribution in [0.4, 0.5) is 5.69 Å². The Kier molecular flexibility index (Phi) is 5.97. The molecule has 3 aromatic carbocycles. The number of hydrogen-bond acceptors (Lipinski definition) is 4. The fourth-order valence-corrected chi connectivity index (χ4v) is 3.90. The summed E-state index contributed by atoms with van der Waals surface area (Å²) in [6, 6.07) is 25.1. The van der Waals surface area contributed by atoms with Crippen molar-refractivity contribution in [3.63, 3.8) is 0 Å². The van der Waals surface area contributed by atoms with E-state index in [2.05, 4.69) is 12.1 Å². The van der Waals surface area contributed by atoms with Gasteiger partial charge in [-0.3, -0.25) is 4.79 Å². The van der Waals surface area contributed by atoms with E-state index in [0.29, 0.717) is 12.0 Å². The molecule has 26 heavy (non-hydrogen) atoms. The Balaban J connectivity index is 1.83. The molecule has 0 aliphatic rings. The molecule has 0 bridgehead atoms. The molecule has 0 radical (unpaired) electrons. The molecule has 1 unspecified atom stereocenters. The van der Waals surface area contributed by atoms with Crippen LogP contribution in [0.2, 0.25) is 0 Å². The monoisotopic (exact) mass is 363 g/mol. The second kappa shape index (κ2) is 8.59. The molecular formula is C22H21NO2S. The first-order chi connectivity index (χ1) is 12.7. The number of anilines is 1. The van der Waals surface area contributed by atoms with E-state index in [1.54, 1.807) is 18.9 Å². The van der Waals surface area contributed by atoms with Crippen LogP contribution in [0.25, 0.3) is 0 Å². The summed E-state index contributed by atoms with van der Waals surface area (Å²) in [7, 11) is 1.61. The summed E-state index contributed by atoms with van der Waals surface area (Å²) in [5, 5.41) is -0.00417. The molecule has 4 heteroatoms. The van der Waals surface area contributed by atoms with Crippen LogP contribution in [0.5, 0.6) is 5.75 Å². The molecule has 0 amide bonds. The van der Waals surface area contributed by atoms with Gasteiger partial charge in [-0.25, -0.2) is 0 Å². The van der Waals surface area contributed by atoms with Gasteiger partial charge in [0.15, 0.2) is 5.78 Å². The van der Waals surface area contributed by atoms with Gasteiger partial charge in [-0.2, -0.15) is 0 Å². The van der Waals surface area contributed by atoms with E-state index in [-0.39, 0.29) is 11.0 Å². The van der Waals surface area contributed by atoms with Crippen LogP contribution in [-0.2, 0) is 0 Å². The Hall–Kier alpha value is -2.72. The van der Waals surface area contributed by atoms with Crippen LogP contribution in [0.15, 0.2) is 83.8 Å². The lowest BCUT2D eigenvalue weighted by molar-refractivity contribution is 0.0982. The molecule has 2 N–H and O–H groups in total. The number of ketones is 1. The van der Waals surface area contributed by atoms with E-state index in [0.717, 1.165) is 21.9 Å². The van der Waals surface area contributed by atoms with Gasteiger partial charge in [0.1, 0.15) is 5.75 Å². The molecule has 0 aromatic heterocycles. The predicted octanol–water partition coefficient (Wildman–Crippen LogP) is 5.38. The Bertz CT molecular complexity index is 863. The van der Waals surface area contributed by atoms with E-state index in [1.165, 1.54) is 0 Å². The zero-order valence-electron chi connectivity index (χ0n) is 14.6. The van der Waals surface area contributed by atoms with Gasteiger partial charge in [0.05, 0.1) is 7.11 Å². The third-order valence-corrected chi connectivity index (χ3v) is 5.49. The minimum Gasteiger partial charge on any atom is -0.497 e. The summed E-state index contributed by atoms with van der Waals surface area (Å²) in [5.74, 6) is 0.844. The standard InChI is InChI=1S/C22H21NO2S/c1-25-18-13-11-16(12-14-18)20(24)15-22(17-7-3-2-4-8-17)26-21-10-6-5-9-19(21)23/h2-14,22H,15,23H2,1H3. The molecule has 1 atom stereocenters. The molecule has 132 valence electrons. The zero-order valence-corrected chi connectivity index (χ0v) is 15.4. The van der Waals surface area contributed by atoms with E-state index in [4.69, 9.17) is 10.5 Å². The molecule has 0 heterocycles. The highest BCUT2D eigenvalue weighted by molar-refractivity contribution is 7.99. The lowest BCUT2D eigenvalue weighted by Gasteiger charge is -2.17. The van der Waals surface area contributed by atoms with Gasteiger partial charge in [-0.1, -0.05) is 42.5 Å². The van der Waals surface area contributed by atoms with Gasteiger partial charge in [0.25, 0.3) is 0 Å². The van der Waals surface area contributed by atoms with E-state index >= 15 is 0 Å². The summed E-state index contributed by atoms with van der Waals surface area (Å²) in [4.78, 5) is 13.8. The maximum Gasteiger partial charge on any atom is 0.164 e. The average Bonchev–Trinajstić information content (AvgIpc) is 2.69. The van der Waals surface area contributed by atoms with E-state index < -0.39 is 0 Å². The van der Waals surface area contributed by atoms with Crippen LogP contribution in [-0.4, -0.2) is 12.9 Å². The summed E-state index contributed by atoms with van der Waals surface area (Å²) >= 11 is 1.63. The van der Waals surface area contributed by atoms with Gasteiger partial charge in [0, 0.05) is 27.8 Å². The van der Waals surface area contributed by atoms with Gasteiger partial charge in [0.2, 0.25) is 0 Å². The molecule has 0 saturated heterocycles. The molecule has 0 aliphatic carbocycles. The average molecular weight is 363 g/mol. The third-order valence-electron chi connectivity index (χ3n) is 4.14. The Labute approximate surface area is 158 Å². The number of hydrogen-bond donors (Lipinski definition) is 1. The van der Waals surface area contributed by atoms with Crippen molar-refractivity contribution in [3.05, 3.63) is 90.0 Å². The molecule has 0 spiro atoms. The molecule has 0 saturated carbocycles. The third kappa shape index (κ3) is 4.46. The largest absolute Gasteiger partial charge is 0.497 e. The fourth-order valence-electron chi connectivity index (χ4n) is 2.70. The first-order valence-electron chi connectivity index (χ1n) is 8.40. The Morgan fingerprint density at radius 3 is 2.27 bits per heavy atom. The summed E-state index contributed by atoms with van der Waals surface area (Å²) in [6.07, 6.45) is 0.398. The first kappa shape index (κ1) is 18.1. The minimum absolute atomic E-state index is 0.00417. The van der Waals surface area contributed by atoms with Crippen molar-refractivity contribution in [2.45, 2.75) is 16.6 Å². The van der Waals surface area contributed by atoms with Gasteiger partial charge in [-0.15, -0.1) is 11.8 Å². The highest BCUT2D eigenvalue weighted by Gasteiger charge is 2.19. The van der Waals surface area contributed by atoms with Crippen molar-refractivity contribution in [2.75, 3.05) is 12.8 Å². The number of methoxy groups -OCH3 is 1. The first-order valence-corrected chi connectivity index (χ1v) is 9.28. The number of nitrogens with two attached hydrogens (primary N) is 1. The summed E-state index contributed by atoms with van der Waals surface area (Å²) in [6.45, 7) is 0. The maximum absolute atomic E-state index is 12.8. The Morgan fingerprint density at radius 2 is 1.62 bits per heavy atom. The highest BCUT2D eigenvalue weighted by atomic mass is 32.2. The van der Waals surface area contributed by atoms with Crippen LogP contribution < -0.4 is 10.5 Å². The summed E-state index contributed by atoms with van der Waals surface area (Å²) < 4.78 is 5.16. The van der Waals surface area contributed by atoms with Gasteiger partial charge < -0.3 is 10.5 Å². The van der Waals surface area contributed by atoms with Crippen molar-refractivity contribution in [3.8, 4) is 5.75 Å². The molecule has 3 rings (SSSR count). The number of Topliss-reactive ketones (excluding diaryl/α,β-unsaturated/α-hetero) is 1. The quantitative estimate of drug-likeness (QED) is 0.348. The number of carbonyl (C=O) groups is 1. The molecular weight excluding hydrogens is 342 g/mol. The minimum atomic E-state index is -0.00417. The van der Waals surface area contributed by atoms with Crippen molar-refractivity contribution in [1.29, 1.82) is 0 Å². The molecule has 3 aromatic rings. The topological polar surface area (TPSA) is 52.3 Å². The second-order valence-electron chi connectivity index (χ2n) is 5.91. The molecule has 0 aliphatic heterocycles. The fraction of sp³-hybridized carbons (Fsp3) is 0.136. The lowest BCUT2D eigenvalue weighted by atomic mass is 10.0. The molecule has 0 fully saturated rings. The number of para-hydroxylation sites is 1. The van der Waals surface area contributed by atoms with Crippen LogP contribution in [0, 0.1) is 0 Å². The second-order valence-corrected chi connectivity index (χ2v) is 7.16. The number of thioether (sulfide) groups is 1. The number of rotatable bonds is 7. The number of ether oxygens (including phenoxy) is 1. The maximum atomic E-state index is 12.8. The summed E-state index contributed by atoms with van der Waals surface area (Å²) in [5.41, 5.74) is 8.63. The highest BCUT2D eigenvalue weighted by Crippen LogP contribution is 2.40. The number of benzene rings is 3. The smallest absolute Gasteiger partial charge is 0.164 e. The van der Waals surface area contributed by atoms with Crippen molar-refractivity contribution in [1.82, 2.24) is 0 Å².